The topological polar surface area (TPSA) is 160 Å². The van der Waals surface area contributed by atoms with Crippen molar-refractivity contribution in [3.8, 4) is 0 Å². The van der Waals surface area contributed by atoms with E-state index in [0.717, 1.165) is 5.56 Å². The van der Waals surface area contributed by atoms with Gasteiger partial charge in [0.1, 0.15) is 18.1 Å². The fourth-order valence-corrected chi connectivity index (χ4v) is 2.15. The molecule has 0 saturated heterocycles. The highest BCUT2D eigenvalue weighted by Crippen LogP contribution is 2.02. The van der Waals surface area contributed by atoms with E-state index in [2.05, 4.69) is 16.0 Å². The molecule has 0 aliphatic heterocycles. The third kappa shape index (κ3) is 8.14. The van der Waals surface area contributed by atoms with Crippen LogP contribution in [-0.4, -0.2) is 60.1 Å². The summed E-state index contributed by atoms with van der Waals surface area (Å²) in [6, 6.07) is 5.84. The summed E-state index contributed by atoms with van der Waals surface area (Å²) in [7, 11) is 0. The van der Waals surface area contributed by atoms with Crippen molar-refractivity contribution in [2.45, 2.75) is 38.6 Å². The molecular formula is C18H26N4O6. The first kappa shape index (κ1) is 23.1. The smallest absolute Gasteiger partial charge is 0.245 e. The van der Waals surface area contributed by atoms with Crippen LogP contribution in [0.25, 0.3) is 0 Å². The summed E-state index contributed by atoms with van der Waals surface area (Å²) in [5, 5.41) is 16.3. The molecule has 0 aromatic heterocycles. The van der Waals surface area contributed by atoms with E-state index in [1.54, 1.807) is 0 Å². The molecule has 0 aliphatic rings. The van der Waals surface area contributed by atoms with Gasteiger partial charge in [-0.25, -0.2) is 0 Å². The number of aliphatic hydroxyl groups is 1. The molecule has 0 heterocycles. The molecule has 4 amide bonds. The molecule has 10 nitrogen and oxygen atoms in total. The Morgan fingerprint density at radius 1 is 1.04 bits per heavy atom. The number of rotatable bonds is 11. The predicted molar refractivity (Wildman–Crippen MR) is 99.5 cm³/mol. The summed E-state index contributed by atoms with van der Waals surface area (Å²) in [5.41, 5.74) is 6.00. The van der Waals surface area contributed by atoms with Crippen LogP contribution in [-0.2, 0) is 30.5 Å². The molecule has 6 N–H and O–H groups in total. The Bertz CT molecular complexity index is 682. The molecule has 28 heavy (non-hydrogen) atoms. The zero-order chi connectivity index (χ0) is 21.1. The minimum atomic E-state index is -1.23. The zero-order valence-electron chi connectivity index (χ0n) is 15.8. The minimum Gasteiger partial charge on any atom is -0.394 e. The largest absolute Gasteiger partial charge is 0.394 e. The van der Waals surface area contributed by atoms with E-state index in [-0.39, 0.29) is 13.2 Å². The third-order valence-corrected chi connectivity index (χ3v) is 3.69. The summed E-state index contributed by atoms with van der Waals surface area (Å²) in [6.45, 7) is 1.94. The number of hydrogen-bond donors (Lipinski definition) is 5. The maximum absolute atomic E-state index is 12.4. The van der Waals surface area contributed by atoms with Crippen LogP contribution in [0.1, 0.15) is 19.4 Å². The number of nitrogens with one attached hydrogen (secondary N) is 3. The van der Waals surface area contributed by atoms with Gasteiger partial charge in [-0.1, -0.05) is 30.3 Å². The molecule has 0 fully saturated rings. The quantitative estimate of drug-likeness (QED) is 0.297. The fraction of sp³-hybridized carbons (Fsp3) is 0.444. The molecule has 154 valence electrons. The van der Waals surface area contributed by atoms with Crippen molar-refractivity contribution >= 4 is 23.6 Å². The van der Waals surface area contributed by atoms with E-state index in [1.165, 1.54) is 13.8 Å². The Balaban J connectivity index is 2.77. The van der Waals surface area contributed by atoms with Gasteiger partial charge in [0.05, 0.1) is 19.8 Å². The van der Waals surface area contributed by atoms with Gasteiger partial charge in [0.2, 0.25) is 23.6 Å². The van der Waals surface area contributed by atoms with Crippen LogP contribution in [0.4, 0.5) is 0 Å². The lowest BCUT2D eigenvalue weighted by Crippen LogP contribution is -2.57. The molecule has 0 unspecified atom stereocenters. The summed E-state index contributed by atoms with van der Waals surface area (Å²) in [4.78, 5) is 47.0. The molecule has 0 saturated carbocycles. The Morgan fingerprint density at radius 3 is 2.18 bits per heavy atom. The second-order valence-corrected chi connectivity index (χ2v) is 6.13. The average molecular weight is 394 g/mol. The molecule has 1 aromatic carbocycles. The lowest BCUT2D eigenvalue weighted by molar-refractivity contribution is -0.134. The molecule has 3 atom stereocenters. The zero-order valence-corrected chi connectivity index (χ0v) is 15.8. The minimum absolute atomic E-state index is 0.195. The van der Waals surface area contributed by atoms with Gasteiger partial charge in [-0.05, 0) is 12.5 Å². The van der Waals surface area contributed by atoms with Gasteiger partial charge in [0.25, 0.3) is 0 Å². The first-order valence-corrected chi connectivity index (χ1v) is 8.64. The van der Waals surface area contributed by atoms with Gasteiger partial charge in [-0.15, -0.1) is 0 Å². The number of hydrogen-bond acceptors (Lipinski definition) is 6. The summed E-state index contributed by atoms with van der Waals surface area (Å²) in [6.07, 6.45) is 0. The van der Waals surface area contributed by atoms with Gasteiger partial charge in [-0.3, -0.25) is 19.2 Å². The summed E-state index contributed by atoms with van der Waals surface area (Å²) in [5.74, 6) is -2.71. The molecule has 0 bridgehead atoms. The average Bonchev–Trinajstić information content (AvgIpc) is 2.65. The van der Waals surface area contributed by atoms with Crippen LogP contribution >= 0.6 is 0 Å². The highest BCUT2D eigenvalue weighted by Gasteiger charge is 2.27. The Kier molecular flexibility index (Phi) is 9.61. The monoisotopic (exact) mass is 394 g/mol. The van der Waals surface area contributed by atoms with Gasteiger partial charge < -0.3 is 31.5 Å². The summed E-state index contributed by atoms with van der Waals surface area (Å²) < 4.78 is 5.50. The van der Waals surface area contributed by atoms with E-state index in [0.29, 0.717) is 0 Å². The Hall–Kier alpha value is -2.98. The third-order valence-electron chi connectivity index (χ3n) is 3.69. The first-order valence-electron chi connectivity index (χ1n) is 8.64. The van der Waals surface area contributed by atoms with Gasteiger partial charge in [0, 0.05) is 6.92 Å². The predicted octanol–water partition coefficient (Wildman–Crippen LogP) is -1.82. The normalized spacial score (nSPS) is 13.7. The molecular weight excluding hydrogens is 368 g/mol. The number of carbonyl (C=O) groups is 4. The number of aliphatic hydroxyl groups excluding tert-OH is 1. The van der Waals surface area contributed by atoms with Crippen LogP contribution in [0.5, 0.6) is 0 Å². The van der Waals surface area contributed by atoms with Crippen molar-refractivity contribution in [1.29, 1.82) is 0 Å². The molecule has 0 aliphatic carbocycles. The van der Waals surface area contributed by atoms with Crippen LogP contribution < -0.4 is 21.7 Å². The van der Waals surface area contributed by atoms with Crippen molar-refractivity contribution in [2.75, 3.05) is 13.2 Å². The second-order valence-electron chi connectivity index (χ2n) is 6.13. The first-order chi connectivity index (χ1) is 13.2. The van der Waals surface area contributed by atoms with Crippen LogP contribution in [0.2, 0.25) is 0 Å². The Morgan fingerprint density at radius 2 is 1.64 bits per heavy atom. The molecule has 0 spiro atoms. The number of benzene rings is 1. The fourth-order valence-electron chi connectivity index (χ4n) is 2.15. The maximum Gasteiger partial charge on any atom is 0.245 e. The SMILES string of the molecule is CC(=O)N[C@@H](CO)C(=O)N[C@@H](COCc1ccccc1)C(=O)N[C@@H](C)C(N)=O. The number of ether oxygens (including phenoxy) is 1. The van der Waals surface area contributed by atoms with E-state index in [1.807, 2.05) is 30.3 Å². The van der Waals surface area contributed by atoms with E-state index < -0.39 is 48.4 Å². The van der Waals surface area contributed by atoms with Crippen LogP contribution in [0.15, 0.2) is 30.3 Å². The summed E-state index contributed by atoms with van der Waals surface area (Å²) >= 11 is 0. The lowest BCUT2D eigenvalue weighted by atomic mass is 10.2. The van der Waals surface area contributed by atoms with Crippen molar-refractivity contribution < 1.29 is 29.0 Å². The number of primary amides is 1. The van der Waals surface area contributed by atoms with E-state index in [9.17, 15) is 24.3 Å². The number of nitrogens with two attached hydrogens (primary N) is 1. The van der Waals surface area contributed by atoms with E-state index in [4.69, 9.17) is 10.5 Å². The number of amides is 4. The van der Waals surface area contributed by atoms with E-state index >= 15 is 0 Å². The maximum atomic E-state index is 12.4. The van der Waals surface area contributed by atoms with Crippen LogP contribution in [0, 0.1) is 0 Å². The standard InChI is InChI=1S/C18H26N4O6/c1-11(16(19)25)20-18(27)15(10-28-9-13-6-4-3-5-7-13)22-17(26)14(8-23)21-12(2)24/h3-7,11,14-15,23H,8-10H2,1-2H3,(H2,19,25)(H,20,27)(H,21,24)(H,22,26)/t11-,14-,15-/m0/s1. The molecule has 1 rings (SSSR count). The van der Waals surface area contributed by atoms with Crippen molar-refractivity contribution in [3.63, 3.8) is 0 Å². The van der Waals surface area contributed by atoms with Gasteiger partial charge in [0.15, 0.2) is 0 Å². The molecule has 0 radical (unpaired) electrons. The van der Waals surface area contributed by atoms with Crippen molar-refractivity contribution in [2.24, 2.45) is 5.73 Å². The van der Waals surface area contributed by atoms with Gasteiger partial charge >= 0.3 is 0 Å². The van der Waals surface area contributed by atoms with Crippen molar-refractivity contribution in [1.82, 2.24) is 16.0 Å². The Labute approximate surface area is 162 Å². The van der Waals surface area contributed by atoms with Crippen molar-refractivity contribution in [3.05, 3.63) is 35.9 Å². The lowest BCUT2D eigenvalue weighted by Gasteiger charge is -2.23. The van der Waals surface area contributed by atoms with Crippen LogP contribution in [0.3, 0.4) is 0 Å². The van der Waals surface area contributed by atoms with Gasteiger partial charge in [-0.2, -0.15) is 0 Å². The molecule has 10 heteroatoms. The second kappa shape index (κ2) is 11.7. The number of carbonyl (C=O) groups excluding carboxylic acids is 4. The molecule has 1 aromatic rings. The highest BCUT2D eigenvalue weighted by atomic mass is 16.5. The highest BCUT2D eigenvalue weighted by molar-refractivity contribution is 5.93.